The lowest BCUT2D eigenvalue weighted by Gasteiger charge is -2.01. The van der Waals surface area contributed by atoms with Crippen LogP contribution in [0.4, 0.5) is 0 Å². The zero-order valence-corrected chi connectivity index (χ0v) is 8.26. The molecule has 0 amide bonds. The summed E-state index contributed by atoms with van der Waals surface area (Å²) in [5, 5.41) is 2.62. The van der Waals surface area contributed by atoms with Gasteiger partial charge in [-0.1, -0.05) is 13.8 Å². The fourth-order valence-electron chi connectivity index (χ4n) is 1.07. The number of sulfone groups is 1. The summed E-state index contributed by atoms with van der Waals surface area (Å²) in [5.74, 6) is 0.627. The summed E-state index contributed by atoms with van der Waals surface area (Å²) in [6.45, 7) is 4.27. The van der Waals surface area contributed by atoms with Gasteiger partial charge in [-0.3, -0.25) is 0 Å². The van der Waals surface area contributed by atoms with Crippen molar-refractivity contribution in [2.45, 2.75) is 26.7 Å². The Balaban J connectivity index is 2.53. The van der Waals surface area contributed by atoms with Gasteiger partial charge in [-0.25, -0.2) is 8.42 Å². The van der Waals surface area contributed by atoms with Crippen LogP contribution in [0, 0.1) is 5.92 Å². The summed E-state index contributed by atoms with van der Waals surface area (Å²) in [6.07, 6.45) is 3.61. The van der Waals surface area contributed by atoms with E-state index in [1.165, 1.54) is 10.8 Å². The lowest BCUT2D eigenvalue weighted by atomic mass is 10.0. The van der Waals surface area contributed by atoms with Crippen LogP contribution < -0.4 is 0 Å². The van der Waals surface area contributed by atoms with Gasteiger partial charge < -0.3 is 0 Å². The minimum atomic E-state index is -2.99. The molecule has 1 aliphatic rings. The molecule has 0 spiro atoms. The Hall–Kier alpha value is -0.570. The van der Waals surface area contributed by atoms with Gasteiger partial charge >= 0.3 is 0 Å². The van der Waals surface area contributed by atoms with Crippen LogP contribution in [-0.4, -0.2) is 8.42 Å². The predicted molar refractivity (Wildman–Crippen MR) is 50.2 cm³/mol. The summed E-state index contributed by atoms with van der Waals surface area (Å²) in [7, 11) is -2.99. The molecule has 0 aromatic carbocycles. The van der Waals surface area contributed by atoms with Crippen molar-refractivity contribution in [2.24, 2.45) is 5.92 Å². The summed E-state index contributed by atoms with van der Waals surface area (Å²) < 4.78 is 21.8. The fraction of sp³-hybridized carbons (Fsp3) is 0.556. The van der Waals surface area contributed by atoms with Crippen LogP contribution in [0.5, 0.6) is 0 Å². The first kappa shape index (κ1) is 9.52. The highest BCUT2D eigenvalue weighted by Crippen LogP contribution is 2.19. The van der Waals surface area contributed by atoms with Crippen LogP contribution in [0.3, 0.4) is 0 Å². The molecule has 0 unspecified atom stereocenters. The highest BCUT2D eigenvalue weighted by molar-refractivity contribution is 7.97. The van der Waals surface area contributed by atoms with E-state index in [9.17, 15) is 8.42 Å². The zero-order valence-electron chi connectivity index (χ0n) is 7.45. The molecule has 3 heteroatoms. The van der Waals surface area contributed by atoms with Gasteiger partial charge in [-0.05, 0) is 30.4 Å². The predicted octanol–water partition coefficient (Wildman–Crippen LogP) is 2.25. The van der Waals surface area contributed by atoms with Crippen LogP contribution in [0.1, 0.15) is 26.7 Å². The maximum absolute atomic E-state index is 10.9. The van der Waals surface area contributed by atoms with E-state index in [4.69, 9.17) is 0 Å². The van der Waals surface area contributed by atoms with Crippen molar-refractivity contribution in [1.82, 2.24) is 0 Å². The third-order valence-electron chi connectivity index (χ3n) is 1.80. The van der Waals surface area contributed by atoms with E-state index in [1.54, 1.807) is 6.08 Å². The normalized spacial score (nSPS) is 20.1. The quantitative estimate of drug-likeness (QED) is 0.677. The molecule has 12 heavy (non-hydrogen) atoms. The number of allylic oxidation sites excluding steroid dienone is 2. The lowest BCUT2D eigenvalue weighted by molar-refractivity contribution is 0.588. The van der Waals surface area contributed by atoms with Crippen molar-refractivity contribution >= 4 is 9.84 Å². The molecule has 0 N–H and O–H groups in total. The summed E-state index contributed by atoms with van der Waals surface area (Å²) in [4.78, 5) is 0. The minimum absolute atomic E-state index is 0.627. The second-order valence-electron chi connectivity index (χ2n) is 3.52. The van der Waals surface area contributed by atoms with E-state index < -0.39 is 9.84 Å². The molecule has 1 heterocycles. The average Bonchev–Trinajstić information content (AvgIpc) is 2.26. The van der Waals surface area contributed by atoms with E-state index in [0.29, 0.717) is 5.92 Å². The molecule has 68 valence electrons. The van der Waals surface area contributed by atoms with Crippen LogP contribution in [-0.2, 0) is 9.84 Å². The van der Waals surface area contributed by atoms with Gasteiger partial charge in [-0.2, -0.15) is 0 Å². The second kappa shape index (κ2) is 3.44. The van der Waals surface area contributed by atoms with Gasteiger partial charge in [0.05, 0.1) is 0 Å². The van der Waals surface area contributed by atoms with Crippen LogP contribution >= 0.6 is 0 Å². The monoisotopic (exact) mass is 186 g/mol. The van der Waals surface area contributed by atoms with E-state index in [1.807, 2.05) is 0 Å². The smallest absolute Gasteiger partial charge is 0.193 e. The maximum Gasteiger partial charge on any atom is 0.193 e. The summed E-state index contributed by atoms with van der Waals surface area (Å²) in [5.41, 5.74) is 0.934. The molecule has 0 aliphatic carbocycles. The van der Waals surface area contributed by atoms with Gasteiger partial charge in [0, 0.05) is 10.8 Å². The van der Waals surface area contributed by atoms with Gasteiger partial charge in [0.2, 0.25) is 0 Å². The average molecular weight is 186 g/mol. The molecule has 0 bridgehead atoms. The molecule has 0 aromatic rings. The molecular weight excluding hydrogens is 172 g/mol. The molecule has 0 saturated carbocycles. The summed E-state index contributed by atoms with van der Waals surface area (Å²) in [6, 6.07) is 0. The van der Waals surface area contributed by atoms with Crippen LogP contribution in [0.15, 0.2) is 22.5 Å². The molecule has 1 rings (SSSR count). The molecular formula is C9H14O2S. The SMILES string of the molecule is CC(C)CCC1=CS(=O)(=O)C=C1. The first-order valence-electron chi connectivity index (χ1n) is 4.13. The van der Waals surface area contributed by atoms with Crippen molar-refractivity contribution in [2.75, 3.05) is 0 Å². The molecule has 0 saturated heterocycles. The minimum Gasteiger partial charge on any atom is -0.220 e. The van der Waals surface area contributed by atoms with Gasteiger partial charge in [0.15, 0.2) is 9.84 Å². The largest absolute Gasteiger partial charge is 0.220 e. The van der Waals surface area contributed by atoms with E-state index >= 15 is 0 Å². The summed E-state index contributed by atoms with van der Waals surface area (Å²) >= 11 is 0. The van der Waals surface area contributed by atoms with Gasteiger partial charge in [0.25, 0.3) is 0 Å². The standard InChI is InChI=1S/C9H14O2S/c1-8(2)3-4-9-5-6-12(10,11)7-9/h5-8H,3-4H2,1-2H3. The molecule has 0 fully saturated rings. The molecule has 0 radical (unpaired) electrons. The fourth-order valence-corrected chi connectivity index (χ4v) is 2.13. The first-order chi connectivity index (χ1) is 5.49. The van der Waals surface area contributed by atoms with Gasteiger partial charge in [-0.15, -0.1) is 0 Å². The van der Waals surface area contributed by atoms with Crippen molar-refractivity contribution in [3.05, 3.63) is 22.5 Å². The maximum atomic E-state index is 10.9. The van der Waals surface area contributed by atoms with Crippen molar-refractivity contribution < 1.29 is 8.42 Å². The Morgan fingerprint density at radius 3 is 2.50 bits per heavy atom. The number of hydrogen-bond donors (Lipinski definition) is 0. The van der Waals surface area contributed by atoms with Crippen LogP contribution in [0.2, 0.25) is 0 Å². The topological polar surface area (TPSA) is 34.1 Å². The highest BCUT2D eigenvalue weighted by Gasteiger charge is 2.10. The number of hydrogen-bond acceptors (Lipinski definition) is 2. The Morgan fingerprint density at radius 1 is 1.42 bits per heavy atom. The molecule has 1 aliphatic heterocycles. The van der Waals surface area contributed by atoms with E-state index in [-0.39, 0.29) is 0 Å². The van der Waals surface area contributed by atoms with Crippen LogP contribution in [0.25, 0.3) is 0 Å². The third-order valence-corrected chi connectivity index (χ3v) is 2.94. The zero-order chi connectivity index (χ0) is 9.19. The Kier molecular flexibility index (Phi) is 2.73. The van der Waals surface area contributed by atoms with Gasteiger partial charge in [0.1, 0.15) is 0 Å². The van der Waals surface area contributed by atoms with Crippen molar-refractivity contribution in [1.29, 1.82) is 0 Å². The van der Waals surface area contributed by atoms with E-state index in [0.717, 1.165) is 18.4 Å². The lowest BCUT2D eigenvalue weighted by Crippen LogP contribution is -1.88. The van der Waals surface area contributed by atoms with Crippen molar-refractivity contribution in [3.8, 4) is 0 Å². The molecule has 0 atom stereocenters. The van der Waals surface area contributed by atoms with Crippen molar-refractivity contribution in [3.63, 3.8) is 0 Å². The molecule has 0 aromatic heterocycles. The first-order valence-corrected chi connectivity index (χ1v) is 5.74. The third kappa shape index (κ3) is 2.81. The molecule has 2 nitrogen and oxygen atoms in total. The Morgan fingerprint density at radius 2 is 2.08 bits per heavy atom. The second-order valence-corrected chi connectivity index (χ2v) is 5.20. The Bertz CT molecular complexity index is 307. The van der Waals surface area contributed by atoms with E-state index in [2.05, 4.69) is 13.8 Å². The number of rotatable bonds is 3. The highest BCUT2D eigenvalue weighted by atomic mass is 32.2. The Labute approximate surface area is 73.9 Å².